The topological polar surface area (TPSA) is 86.9 Å². The molecule has 0 bridgehead atoms. The van der Waals surface area contributed by atoms with Gasteiger partial charge in [0.25, 0.3) is 0 Å². The predicted octanol–water partition coefficient (Wildman–Crippen LogP) is 0.370. The molecule has 0 radical (unpaired) electrons. The van der Waals surface area contributed by atoms with Gasteiger partial charge in [0.1, 0.15) is 0 Å². The molecule has 1 aliphatic heterocycles. The number of carbonyl (C=O) groups excluding carboxylic acids is 1. The number of nitrogens with zero attached hydrogens (tertiary/aromatic N) is 2. The first-order valence-electron chi connectivity index (χ1n) is 7.42. The Morgan fingerprint density at radius 2 is 1.80 bits per heavy atom. The number of hydrogen-bond acceptors (Lipinski definition) is 4. The molecule has 0 aromatic rings. The Morgan fingerprint density at radius 1 is 1.15 bits per heavy atom. The Kier molecular flexibility index (Phi) is 6.42. The number of carbonyl (C=O) groups is 2. The molecular formula is C14H27N3O3. The van der Waals surface area contributed by atoms with Crippen molar-refractivity contribution in [2.45, 2.75) is 33.1 Å². The van der Waals surface area contributed by atoms with Crippen LogP contribution < -0.4 is 5.73 Å². The molecule has 1 heterocycles. The molecule has 0 unspecified atom stereocenters. The van der Waals surface area contributed by atoms with Crippen molar-refractivity contribution in [1.82, 2.24) is 9.80 Å². The quantitative estimate of drug-likeness (QED) is 0.736. The summed E-state index contributed by atoms with van der Waals surface area (Å²) in [5, 5.41) is 8.84. The summed E-state index contributed by atoms with van der Waals surface area (Å²) in [5.74, 6) is -0.689. The zero-order valence-electron chi connectivity index (χ0n) is 12.6. The largest absolute Gasteiger partial charge is 0.480 e. The average Bonchev–Trinajstić information content (AvgIpc) is 2.66. The number of nitrogens with two attached hydrogens (primary N) is 1. The van der Waals surface area contributed by atoms with E-state index < -0.39 is 11.4 Å². The number of hydrogen-bond donors (Lipinski definition) is 2. The van der Waals surface area contributed by atoms with Crippen LogP contribution in [0.2, 0.25) is 0 Å². The summed E-state index contributed by atoms with van der Waals surface area (Å²) in [6.45, 7) is 7.05. The first kappa shape index (κ1) is 16.9. The Bertz CT molecular complexity index is 334. The van der Waals surface area contributed by atoms with Crippen molar-refractivity contribution in [2.75, 3.05) is 39.3 Å². The van der Waals surface area contributed by atoms with Crippen molar-refractivity contribution in [1.29, 1.82) is 0 Å². The molecule has 6 nitrogen and oxygen atoms in total. The molecule has 1 amide bonds. The van der Waals surface area contributed by atoms with Crippen LogP contribution in [0.4, 0.5) is 0 Å². The molecule has 0 saturated carbocycles. The van der Waals surface area contributed by atoms with Crippen molar-refractivity contribution in [3.63, 3.8) is 0 Å². The van der Waals surface area contributed by atoms with Crippen molar-refractivity contribution >= 4 is 11.9 Å². The van der Waals surface area contributed by atoms with Crippen LogP contribution in [0.3, 0.4) is 0 Å². The maximum Gasteiger partial charge on any atom is 0.317 e. The van der Waals surface area contributed by atoms with Gasteiger partial charge in [-0.1, -0.05) is 13.8 Å². The summed E-state index contributed by atoms with van der Waals surface area (Å²) in [5.41, 5.74) is 5.38. The van der Waals surface area contributed by atoms with Gasteiger partial charge in [0.15, 0.2) is 0 Å². The van der Waals surface area contributed by atoms with Gasteiger partial charge < -0.3 is 15.7 Å². The van der Waals surface area contributed by atoms with Gasteiger partial charge in [-0.15, -0.1) is 0 Å². The van der Waals surface area contributed by atoms with E-state index in [9.17, 15) is 9.59 Å². The summed E-state index contributed by atoms with van der Waals surface area (Å²) < 4.78 is 0. The normalized spacial score (nSPS) is 17.9. The maximum absolute atomic E-state index is 12.7. The second-order valence-corrected chi connectivity index (χ2v) is 5.51. The summed E-state index contributed by atoms with van der Waals surface area (Å²) in [6.07, 6.45) is 2.30. The molecule has 0 spiro atoms. The highest BCUT2D eigenvalue weighted by molar-refractivity contribution is 5.83. The average molecular weight is 285 g/mol. The van der Waals surface area contributed by atoms with E-state index in [1.165, 1.54) is 0 Å². The van der Waals surface area contributed by atoms with E-state index in [0.717, 1.165) is 25.8 Å². The van der Waals surface area contributed by atoms with Gasteiger partial charge in [0, 0.05) is 32.7 Å². The van der Waals surface area contributed by atoms with Gasteiger partial charge in [0.2, 0.25) is 5.91 Å². The van der Waals surface area contributed by atoms with Crippen molar-refractivity contribution in [3.05, 3.63) is 0 Å². The Balaban J connectivity index is 2.68. The van der Waals surface area contributed by atoms with Gasteiger partial charge in [-0.2, -0.15) is 0 Å². The lowest BCUT2D eigenvalue weighted by Gasteiger charge is -2.34. The summed E-state index contributed by atoms with van der Waals surface area (Å²) in [6, 6.07) is 0. The van der Waals surface area contributed by atoms with Crippen LogP contribution in [0.25, 0.3) is 0 Å². The SMILES string of the molecule is CCC(CC)(CN)C(=O)N1CCCN(CC(=O)O)CC1. The Hall–Kier alpha value is -1.14. The number of amides is 1. The molecule has 1 fully saturated rings. The van der Waals surface area contributed by atoms with Crippen LogP contribution in [0.5, 0.6) is 0 Å². The molecule has 1 saturated heterocycles. The zero-order valence-corrected chi connectivity index (χ0v) is 12.6. The first-order valence-corrected chi connectivity index (χ1v) is 7.42. The van der Waals surface area contributed by atoms with Crippen LogP contribution in [0.1, 0.15) is 33.1 Å². The number of carboxylic acids is 1. The number of carboxylic acid groups (broad SMARTS) is 1. The molecule has 0 aliphatic carbocycles. The molecule has 1 rings (SSSR count). The minimum Gasteiger partial charge on any atom is -0.480 e. The van der Waals surface area contributed by atoms with Gasteiger partial charge >= 0.3 is 5.97 Å². The molecular weight excluding hydrogens is 258 g/mol. The molecule has 0 aromatic heterocycles. The van der Waals surface area contributed by atoms with Crippen molar-refractivity contribution < 1.29 is 14.7 Å². The highest BCUT2D eigenvalue weighted by Gasteiger charge is 2.37. The molecule has 0 atom stereocenters. The Labute approximate surface area is 120 Å². The monoisotopic (exact) mass is 285 g/mol. The lowest BCUT2D eigenvalue weighted by molar-refractivity contribution is -0.142. The highest BCUT2D eigenvalue weighted by atomic mass is 16.4. The lowest BCUT2D eigenvalue weighted by Crippen LogP contribution is -2.48. The minimum absolute atomic E-state index is 0.0472. The first-order chi connectivity index (χ1) is 9.49. The highest BCUT2D eigenvalue weighted by Crippen LogP contribution is 2.28. The molecule has 6 heteroatoms. The predicted molar refractivity (Wildman–Crippen MR) is 77.3 cm³/mol. The fourth-order valence-electron chi connectivity index (χ4n) is 2.79. The number of aliphatic carboxylic acids is 1. The lowest BCUT2D eigenvalue weighted by atomic mass is 9.81. The van der Waals surface area contributed by atoms with Crippen LogP contribution in [-0.4, -0.2) is 66.1 Å². The summed E-state index contributed by atoms with van der Waals surface area (Å²) in [7, 11) is 0. The maximum atomic E-state index is 12.7. The van der Waals surface area contributed by atoms with Crippen molar-refractivity contribution in [3.8, 4) is 0 Å². The summed E-state index contributed by atoms with van der Waals surface area (Å²) in [4.78, 5) is 27.2. The third kappa shape index (κ3) is 3.93. The third-order valence-corrected chi connectivity index (χ3v) is 4.43. The minimum atomic E-state index is -0.816. The van der Waals surface area contributed by atoms with E-state index in [-0.39, 0.29) is 12.5 Å². The van der Waals surface area contributed by atoms with Crippen LogP contribution in [0, 0.1) is 5.41 Å². The number of rotatable bonds is 6. The van der Waals surface area contributed by atoms with Crippen LogP contribution in [0.15, 0.2) is 0 Å². The Morgan fingerprint density at radius 3 is 2.30 bits per heavy atom. The van der Waals surface area contributed by atoms with E-state index in [1.54, 1.807) is 0 Å². The van der Waals surface area contributed by atoms with E-state index in [2.05, 4.69) is 0 Å². The third-order valence-electron chi connectivity index (χ3n) is 4.43. The molecule has 116 valence electrons. The van der Waals surface area contributed by atoms with E-state index >= 15 is 0 Å². The van der Waals surface area contributed by atoms with E-state index in [0.29, 0.717) is 26.2 Å². The van der Waals surface area contributed by atoms with Crippen molar-refractivity contribution in [2.24, 2.45) is 11.1 Å². The van der Waals surface area contributed by atoms with E-state index in [4.69, 9.17) is 10.8 Å². The van der Waals surface area contributed by atoms with Crippen LogP contribution >= 0.6 is 0 Å². The zero-order chi connectivity index (χ0) is 15.2. The second-order valence-electron chi connectivity index (χ2n) is 5.51. The van der Waals surface area contributed by atoms with Gasteiger partial charge in [-0.05, 0) is 19.3 Å². The molecule has 3 N–H and O–H groups in total. The van der Waals surface area contributed by atoms with Gasteiger partial charge in [-0.25, -0.2) is 0 Å². The van der Waals surface area contributed by atoms with Gasteiger partial charge in [0.05, 0.1) is 12.0 Å². The molecule has 0 aromatic carbocycles. The second kappa shape index (κ2) is 7.59. The van der Waals surface area contributed by atoms with E-state index in [1.807, 2.05) is 23.6 Å². The standard InChI is InChI=1S/C14H27N3O3/c1-3-14(4-2,11-15)13(20)17-7-5-6-16(8-9-17)10-12(18)19/h3-11,15H2,1-2H3,(H,18,19). The molecule has 20 heavy (non-hydrogen) atoms. The molecule has 1 aliphatic rings. The summed E-state index contributed by atoms with van der Waals surface area (Å²) >= 11 is 0. The smallest absolute Gasteiger partial charge is 0.317 e. The van der Waals surface area contributed by atoms with Crippen LogP contribution in [-0.2, 0) is 9.59 Å². The van der Waals surface area contributed by atoms with Gasteiger partial charge in [-0.3, -0.25) is 14.5 Å². The fourth-order valence-corrected chi connectivity index (χ4v) is 2.79. The fraction of sp³-hybridized carbons (Fsp3) is 0.857.